The quantitative estimate of drug-likeness (QED) is 0.163. The Bertz CT molecular complexity index is 1830. The number of pyridine rings is 1. The lowest BCUT2D eigenvalue weighted by Gasteiger charge is -2.55. The highest BCUT2D eigenvalue weighted by Gasteiger charge is 2.51. The Hall–Kier alpha value is -4.81. The molecule has 2 fully saturated rings. The Morgan fingerprint density at radius 2 is 1.89 bits per heavy atom. The zero-order valence-corrected chi connectivity index (χ0v) is 26.4. The standard InChI is InChI=1S/C33H35N6O7P/c1-2-18-37-22-31(41)38-28(19-23-9-12-27(13-10-23)46-47(43,44)45)33(42)36(20-25-7-5-6-24-15-17-35-32(24)25)21-29(38)39(37)30(40)14-11-26-8-3-4-16-34-26/h2-10,12-13,15-17,28-29,35H,1,11,14,18-22H2,(H2,43,44,45)/t28-,29-/m0/s1. The average Bonchev–Trinajstić information content (AvgIpc) is 3.53. The van der Waals surface area contributed by atoms with Crippen LogP contribution in [0.3, 0.4) is 0 Å². The van der Waals surface area contributed by atoms with Crippen LogP contribution >= 0.6 is 7.82 Å². The maximum absolute atomic E-state index is 14.3. The van der Waals surface area contributed by atoms with E-state index < -0.39 is 20.0 Å². The monoisotopic (exact) mass is 658 g/mol. The lowest BCUT2D eigenvalue weighted by Crippen LogP contribution is -2.75. The van der Waals surface area contributed by atoms with Crippen LogP contribution in [0.4, 0.5) is 0 Å². The summed E-state index contributed by atoms with van der Waals surface area (Å²) in [6, 6.07) is 18.4. The van der Waals surface area contributed by atoms with Crippen molar-refractivity contribution in [2.75, 3.05) is 19.6 Å². The average molecular weight is 659 g/mol. The summed E-state index contributed by atoms with van der Waals surface area (Å²) in [5.74, 6) is -0.809. The summed E-state index contributed by atoms with van der Waals surface area (Å²) in [5, 5.41) is 4.28. The zero-order chi connectivity index (χ0) is 33.1. The molecule has 3 N–H and O–H groups in total. The number of aromatic amines is 1. The van der Waals surface area contributed by atoms with Crippen LogP contribution in [-0.2, 0) is 38.3 Å². The van der Waals surface area contributed by atoms with E-state index in [-0.39, 0.29) is 62.5 Å². The van der Waals surface area contributed by atoms with Crippen molar-refractivity contribution in [1.82, 2.24) is 29.8 Å². The summed E-state index contributed by atoms with van der Waals surface area (Å²) in [4.78, 5) is 71.3. The normalized spacial score (nSPS) is 18.8. The Balaban J connectivity index is 1.35. The fourth-order valence-corrected chi connectivity index (χ4v) is 6.73. The van der Waals surface area contributed by atoms with Gasteiger partial charge in [-0.3, -0.25) is 29.2 Å². The number of para-hydroxylation sites is 1. The minimum Gasteiger partial charge on any atom is -0.404 e. The molecule has 14 heteroatoms. The van der Waals surface area contributed by atoms with Gasteiger partial charge in [-0.25, -0.2) is 14.6 Å². The molecule has 3 amide bonds. The molecule has 6 rings (SSSR count). The number of phosphoric acid groups is 1. The number of nitrogens with zero attached hydrogens (tertiary/aromatic N) is 5. The Morgan fingerprint density at radius 1 is 1.09 bits per heavy atom. The van der Waals surface area contributed by atoms with Gasteiger partial charge in [-0.05, 0) is 53.3 Å². The number of aromatic nitrogens is 2. The van der Waals surface area contributed by atoms with Crippen molar-refractivity contribution in [3.63, 3.8) is 0 Å². The highest BCUT2D eigenvalue weighted by atomic mass is 31.2. The third-order valence-electron chi connectivity index (χ3n) is 8.36. The van der Waals surface area contributed by atoms with Crippen molar-refractivity contribution in [2.45, 2.75) is 38.0 Å². The molecule has 0 unspecified atom stereocenters. The first-order valence-electron chi connectivity index (χ1n) is 15.2. The fraction of sp³-hybridized carbons (Fsp3) is 0.273. The summed E-state index contributed by atoms with van der Waals surface area (Å²) >= 11 is 0. The molecule has 0 aliphatic carbocycles. The minimum absolute atomic E-state index is 0.0330. The number of piperazine rings is 1. The van der Waals surface area contributed by atoms with E-state index in [1.165, 1.54) is 17.0 Å². The molecule has 0 spiro atoms. The predicted octanol–water partition coefficient (Wildman–Crippen LogP) is 3.02. The number of rotatable bonds is 11. The number of carbonyl (C=O) groups excluding carboxylic acids is 3. The second-order valence-electron chi connectivity index (χ2n) is 11.5. The number of H-pyrrole nitrogens is 1. The molecular formula is C33H35N6O7P. The number of amides is 3. The van der Waals surface area contributed by atoms with Crippen LogP contribution in [0.25, 0.3) is 10.9 Å². The first-order valence-corrected chi connectivity index (χ1v) is 16.7. The van der Waals surface area contributed by atoms with Gasteiger partial charge >= 0.3 is 7.82 Å². The number of fused-ring (bicyclic) bond motifs is 2. The largest absolute Gasteiger partial charge is 0.524 e. The van der Waals surface area contributed by atoms with Gasteiger partial charge in [-0.1, -0.05) is 42.5 Å². The number of aryl methyl sites for hydroxylation is 1. The third kappa shape index (κ3) is 7.13. The molecule has 2 aromatic heterocycles. The Kier molecular flexibility index (Phi) is 9.24. The molecule has 244 valence electrons. The molecule has 47 heavy (non-hydrogen) atoms. The van der Waals surface area contributed by atoms with Gasteiger partial charge in [-0.2, -0.15) is 0 Å². The SMILES string of the molecule is C=CCN1CC(=O)N2[C@@H](Cc3ccc(OP(=O)(O)O)cc3)C(=O)N(Cc3cccc4cc[nH]c34)C[C@@H]2N1C(=O)CCc1ccccn1. The van der Waals surface area contributed by atoms with E-state index in [1.54, 1.807) is 39.3 Å². The molecule has 4 aromatic rings. The van der Waals surface area contributed by atoms with E-state index in [0.717, 1.165) is 22.2 Å². The number of nitrogens with one attached hydrogen (secondary N) is 1. The fourth-order valence-electron chi connectivity index (χ4n) is 6.33. The van der Waals surface area contributed by atoms with Crippen molar-refractivity contribution in [1.29, 1.82) is 0 Å². The summed E-state index contributed by atoms with van der Waals surface area (Å²) in [6.45, 7) is 4.32. The summed E-state index contributed by atoms with van der Waals surface area (Å²) in [5.41, 5.74) is 3.20. The van der Waals surface area contributed by atoms with Crippen molar-refractivity contribution in [2.24, 2.45) is 0 Å². The zero-order valence-electron chi connectivity index (χ0n) is 25.5. The van der Waals surface area contributed by atoms with Crippen molar-refractivity contribution in [3.8, 4) is 5.75 Å². The summed E-state index contributed by atoms with van der Waals surface area (Å²) in [6.07, 6.45) is 5.03. The number of benzene rings is 2. The molecule has 0 bridgehead atoms. The van der Waals surface area contributed by atoms with Gasteiger partial charge < -0.3 is 19.3 Å². The molecule has 4 heterocycles. The molecule has 2 saturated heterocycles. The minimum atomic E-state index is -4.75. The molecule has 0 saturated carbocycles. The predicted molar refractivity (Wildman–Crippen MR) is 172 cm³/mol. The highest BCUT2D eigenvalue weighted by molar-refractivity contribution is 7.46. The maximum atomic E-state index is 14.3. The number of hydrogen-bond acceptors (Lipinski definition) is 7. The first kappa shape index (κ1) is 32.1. The van der Waals surface area contributed by atoms with Gasteiger partial charge in [0, 0.05) is 44.0 Å². The van der Waals surface area contributed by atoms with Gasteiger partial charge in [0.2, 0.25) is 17.7 Å². The topological polar surface area (TPSA) is 160 Å². The van der Waals surface area contributed by atoms with Crippen molar-refractivity contribution >= 4 is 36.4 Å². The molecule has 0 radical (unpaired) electrons. The molecule has 2 atom stereocenters. The summed E-state index contributed by atoms with van der Waals surface area (Å²) < 4.78 is 16.0. The van der Waals surface area contributed by atoms with E-state index in [9.17, 15) is 28.7 Å². The van der Waals surface area contributed by atoms with Crippen LogP contribution in [0.2, 0.25) is 0 Å². The van der Waals surface area contributed by atoms with Crippen LogP contribution < -0.4 is 4.52 Å². The van der Waals surface area contributed by atoms with Gasteiger partial charge in [0.25, 0.3) is 0 Å². The molecule has 2 aliphatic rings. The lowest BCUT2D eigenvalue weighted by molar-refractivity contribution is -0.205. The third-order valence-corrected chi connectivity index (χ3v) is 8.81. The second kappa shape index (κ2) is 13.5. The molecule has 2 aromatic carbocycles. The summed E-state index contributed by atoms with van der Waals surface area (Å²) in [7, 11) is -4.75. The number of hydrazine groups is 1. The van der Waals surface area contributed by atoms with Gasteiger partial charge in [0.1, 0.15) is 18.0 Å². The molecule has 2 aliphatic heterocycles. The van der Waals surface area contributed by atoms with Gasteiger partial charge in [0.15, 0.2) is 0 Å². The molecular weight excluding hydrogens is 623 g/mol. The van der Waals surface area contributed by atoms with Crippen molar-refractivity contribution < 1.29 is 33.3 Å². The number of phosphoric ester groups is 1. The number of hydrogen-bond donors (Lipinski definition) is 3. The maximum Gasteiger partial charge on any atom is 0.524 e. The lowest BCUT2D eigenvalue weighted by atomic mass is 9.98. The van der Waals surface area contributed by atoms with Gasteiger partial charge in [0.05, 0.1) is 18.6 Å². The second-order valence-corrected chi connectivity index (χ2v) is 12.7. The highest BCUT2D eigenvalue weighted by Crippen LogP contribution is 2.38. The van der Waals surface area contributed by atoms with E-state index in [2.05, 4.69) is 21.1 Å². The Labute approximate surface area is 271 Å². The van der Waals surface area contributed by atoms with Crippen LogP contribution in [0.5, 0.6) is 5.75 Å². The smallest absolute Gasteiger partial charge is 0.404 e. The van der Waals surface area contributed by atoms with Crippen LogP contribution in [0.15, 0.2) is 91.8 Å². The molecule has 13 nitrogen and oxygen atoms in total. The number of carbonyl (C=O) groups is 3. The van der Waals surface area contributed by atoms with Crippen LogP contribution in [-0.4, -0.2) is 89.1 Å². The Morgan fingerprint density at radius 3 is 2.62 bits per heavy atom. The van der Waals surface area contributed by atoms with E-state index in [4.69, 9.17) is 0 Å². The van der Waals surface area contributed by atoms with Gasteiger partial charge in [-0.15, -0.1) is 6.58 Å². The van der Waals surface area contributed by atoms with Crippen LogP contribution in [0, 0.1) is 0 Å². The van der Waals surface area contributed by atoms with Crippen LogP contribution in [0.1, 0.15) is 23.2 Å². The first-order chi connectivity index (χ1) is 22.6. The van der Waals surface area contributed by atoms with E-state index in [1.807, 2.05) is 48.7 Å². The van der Waals surface area contributed by atoms with E-state index in [0.29, 0.717) is 12.0 Å². The van der Waals surface area contributed by atoms with E-state index >= 15 is 0 Å². The van der Waals surface area contributed by atoms with Crippen molar-refractivity contribution in [3.05, 3.63) is 109 Å².